The number of halogens is 6. The third kappa shape index (κ3) is 8.78. The number of piperidine rings is 1. The summed E-state index contributed by atoms with van der Waals surface area (Å²) in [6, 6.07) is 10.0. The van der Waals surface area contributed by atoms with Crippen LogP contribution in [0.4, 0.5) is 26.3 Å². The molecule has 51 heavy (non-hydrogen) atoms. The first-order valence-electron chi connectivity index (χ1n) is 17.1. The number of likely N-dealkylation sites (tertiary alicyclic amines) is 1. The number of alkyl halides is 6. The van der Waals surface area contributed by atoms with Gasteiger partial charge in [-0.25, -0.2) is 12.7 Å². The summed E-state index contributed by atoms with van der Waals surface area (Å²) in [5, 5.41) is 11.8. The van der Waals surface area contributed by atoms with Gasteiger partial charge in [0.15, 0.2) is 0 Å². The second-order valence-corrected chi connectivity index (χ2v) is 16.9. The van der Waals surface area contributed by atoms with Gasteiger partial charge in [-0.1, -0.05) is 36.4 Å². The van der Waals surface area contributed by atoms with Gasteiger partial charge in [0.25, 0.3) is 5.91 Å². The van der Waals surface area contributed by atoms with Gasteiger partial charge in [0.05, 0.1) is 23.5 Å². The Morgan fingerprint density at radius 3 is 2.04 bits per heavy atom. The van der Waals surface area contributed by atoms with Crippen LogP contribution in [0.25, 0.3) is 0 Å². The first-order chi connectivity index (χ1) is 24.1. The van der Waals surface area contributed by atoms with E-state index in [1.807, 2.05) is 35.7 Å². The molecular weight excluding hydrogens is 719 g/mol. The fourth-order valence-corrected chi connectivity index (χ4v) is 11.0. The molecule has 0 spiro atoms. The van der Waals surface area contributed by atoms with Crippen molar-refractivity contribution in [2.45, 2.75) is 56.2 Å². The highest BCUT2D eigenvalue weighted by Crippen LogP contribution is 2.38. The number of hydrogen-bond donors (Lipinski definition) is 1. The Morgan fingerprint density at radius 1 is 0.863 bits per heavy atom. The average molecular weight is 761 g/mol. The lowest BCUT2D eigenvalue weighted by Crippen LogP contribution is -2.58. The lowest BCUT2D eigenvalue weighted by atomic mass is 9.90. The highest BCUT2D eigenvalue weighted by molar-refractivity contribution is 8.02. The standard InChI is InChI=1S/C35H42F6N4O4S2/c36-34(37,38)27-17-26(18-28(19-27)35(39,40)41)32(47)45-10-7-29(20-31(45)16-25-4-2-1-3-5-25)42-11-13-43(14-12-42)30-6-9-44(21-30)51(48,49)24-33(22-46)8-15-50-23-33/h1-5,8,15,17-19,29-31,46H,6-7,9-14,16,20-24H2/t29?,30?,31?,33-/m1/s1. The van der Waals surface area contributed by atoms with Crippen LogP contribution in [0.1, 0.15) is 46.3 Å². The number of carbonyl (C=O) groups excluding carboxylic acids is 1. The van der Waals surface area contributed by atoms with E-state index in [1.165, 1.54) is 16.7 Å². The minimum atomic E-state index is -5.06. The smallest absolute Gasteiger partial charge is 0.395 e. The number of amides is 1. The van der Waals surface area contributed by atoms with E-state index in [-0.39, 0.29) is 37.1 Å². The van der Waals surface area contributed by atoms with Crippen molar-refractivity contribution < 1.29 is 44.7 Å². The van der Waals surface area contributed by atoms with Crippen LogP contribution >= 0.6 is 11.8 Å². The van der Waals surface area contributed by atoms with E-state index in [4.69, 9.17) is 0 Å². The molecule has 1 amide bonds. The highest BCUT2D eigenvalue weighted by atomic mass is 32.2. The minimum Gasteiger partial charge on any atom is -0.395 e. The molecule has 6 rings (SSSR count). The van der Waals surface area contributed by atoms with Crippen molar-refractivity contribution in [2.24, 2.45) is 5.41 Å². The van der Waals surface area contributed by atoms with Crippen LogP contribution in [0.5, 0.6) is 0 Å². The summed E-state index contributed by atoms with van der Waals surface area (Å²) in [5.41, 5.74) is -3.53. The molecular formula is C35H42F6N4O4S2. The maximum atomic E-state index is 13.8. The third-order valence-corrected chi connectivity index (χ3v) is 13.8. The molecule has 3 unspecified atom stereocenters. The Bertz CT molecular complexity index is 1650. The van der Waals surface area contributed by atoms with Gasteiger partial charge in [0.2, 0.25) is 10.0 Å². The molecule has 0 aromatic heterocycles. The van der Waals surface area contributed by atoms with Crippen LogP contribution in [-0.4, -0.2) is 120 Å². The SMILES string of the molecule is O=C(c1cc(C(F)(F)F)cc(C(F)(F)F)c1)N1CCC(N2CCN(C3CCN(S(=O)(=O)C[C@@]4(CO)C=CSC4)C3)CC2)CC1Cc1ccccc1. The summed E-state index contributed by atoms with van der Waals surface area (Å²) in [4.78, 5) is 19.8. The van der Waals surface area contributed by atoms with Crippen molar-refractivity contribution in [1.29, 1.82) is 0 Å². The predicted molar refractivity (Wildman–Crippen MR) is 182 cm³/mol. The number of aliphatic hydroxyl groups excluding tert-OH is 1. The van der Waals surface area contributed by atoms with Gasteiger partial charge in [-0.05, 0) is 54.9 Å². The minimum absolute atomic E-state index is 0.0335. The summed E-state index contributed by atoms with van der Waals surface area (Å²) in [6.07, 6.45) is -6.21. The maximum absolute atomic E-state index is 13.8. The fraction of sp³-hybridized carbons (Fsp3) is 0.571. The van der Waals surface area contributed by atoms with E-state index in [1.54, 1.807) is 10.4 Å². The molecule has 0 bridgehead atoms. The average Bonchev–Trinajstić information content (AvgIpc) is 3.79. The van der Waals surface area contributed by atoms with Gasteiger partial charge < -0.3 is 10.0 Å². The molecule has 0 saturated carbocycles. The van der Waals surface area contributed by atoms with E-state index in [0.29, 0.717) is 82.8 Å². The number of nitrogens with zero attached hydrogens (tertiary/aromatic N) is 4. The Balaban J connectivity index is 1.11. The molecule has 4 aliphatic rings. The van der Waals surface area contributed by atoms with Crippen molar-refractivity contribution in [2.75, 3.05) is 63.9 Å². The number of hydrogen-bond acceptors (Lipinski definition) is 7. The van der Waals surface area contributed by atoms with E-state index in [0.717, 1.165) is 5.56 Å². The summed E-state index contributed by atoms with van der Waals surface area (Å²) >= 11 is 1.50. The number of sulfonamides is 1. The second-order valence-electron chi connectivity index (χ2n) is 14.1. The molecule has 3 fully saturated rings. The van der Waals surface area contributed by atoms with Crippen LogP contribution in [0.2, 0.25) is 0 Å². The fourth-order valence-electron chi connectivity index (χ4n) is 7.82. The quantitative estimate of drug-likeness (QED) is 0.352. The topological polar surface area (TPSA) is 84.4 Å². The van der Waals surface area contributed by atoms with E-state index in [2.05, 4.69) is 9.80 Å². The maximum Gasteiger partial charge on any atom is 0.416 e. The molecule has 8 nitrogen and oxygen atoms in total. The number of carbonyl (C=O) groups is 1. The highest BCUT2D eigenvalue weighted by Gasteiger charge is 2.43. The summed E-state index contributed by atoms with van der Waals surface area (Å²) in [7, 11) is -3.57. The van der Waals surface area contributed by atoms with Gasteiger partial charge in [-0.15, -0.1) is 11.8 Å². The van der Waals surface area contributed by atoms with Gasteiger partial charge >= 0.3 is 12.4 Å². The molecule has 0 aliphatic carbocycles. The normalized spacial score (nSPS) is 27.4. The third-order valence-electron chi connectivity index (χ3n) is 10.7. The lowest BCUT2D eigenvalue weighted by molar-refractivity contribution is -0.143. The Labute approximate surface area is 298 Å². The van der Waals surface area contributed by atoms with Gasteiger partial charge in [-0.2, -0.15) is 26.3 Å². The Morgan fingerprint density at radius 2 is 1.47 bits per heavy atom. The van der Waals surface area contributed by atoms with Crippen molar-refractivity contribution in [3.63, 3.8) is 0 Å². The lowest BCUT2D eigenvalue weighted by Gasteiger charge is -2.47. The molecule has 280 valence electrons. The van der Waals surface area contributed by atoms with Crippen LogP contribution < -0.4 is 0 Å². The summed E-state index contributed by atoms with van der Waals surface area (Å²) in [6.45, 7) is 3.62. The van der Waals surface area contributed by atoms with Crippen LogP contribution in [0.15, 0.2) is 60.0 Å². The molecule has 2 aromatic rings. The molecule has 2 aromatic carbocycles. The molecule has 4 aliphatic heterocycles. The van der Waals surface area contributed by atoms with Crippen molar-refractivity contribution in [1.82, 2.24) is 19.0 Å². The predicted octanol–water partition coefficient (Wildman–Crippen LogP) is 5.20. The molecule has 4 heterocycles. The van der Waals surface area contributed by atoms with Gasteiger partial charge in [-0.3, -0.25) is 14.6 Å². The molecule has 0 radical (unpaired) electrons. The zero-order valence-corrected chi connectivity index (χ0v) is 29.6. The largest absolute Gasteiger partial charge is 0.416 e. The molecule has 4 atom stereocenters. The van der Waals surface area contributed by atoms with Gasteiger partial charge in [0, 0.05) is 80.7 Å². The number of piperazine rings is 1. The van der Waals surface area contributed by atoms with Crippen molar-refractivity contribution in [3.05, 3.63) is 82.3 Å². The zero-order chi connectivity index (χ0) is 36.6. The zero-order valence-electron chi connectivity index (χ0n) is 28.0. The van der Waals surface area contributed by atoms with Crippen LogP contribution in [0.3, 0.4) is 0 Å². The van der Waals surface area contributed by atoms with Crippen molar-refractivity contribution in [3.8, 4) is 0 Å². The summed E-state index contributed by atoms with van der Waals surface area (Å²) in [5.74, 6) is -0.446. The van der Waals surface area contributed by atoms with E-state index in [9.17, 15) is 44.7 Å². The number of benzene rings is 2. The van der Waals surface area contributed by atoms with Gasteiger partial charge in [0.1, 0.15) is 0 Å². The van der Waals surface area contributed by atoms with E-state index >= 15 is 0 Å². The molecule has 3 saturated heterocycles. The van der Waals surface area contributed by atoms with Crippen LogP contribution in [0, 0.1) is 5.41 Å². The number of rotatable bonds is 9. The van der Waals surface area contributed by atoms with Crippen molar-refractivity contribution >= 4 is 27.7 Å². The molecule has 1 N–H and O–H groups in total. The Kier molecular flexibility index (Phi) is 11.2. The first-order valence-corrected chi connectivity index (χ1v) is 19.7. The first kappa shape index (κ1) is 38.1. The van der Waals surface area contributed by atoms with Crippen LogP contribution in [-0.2, 0) is 28.8 Å². The monoisotopic (exact) mass is 760 g/mol. The summed E-state index contributed by atoms with van der Waals surface area (Å²) < 4.78 is 110. The Hall–Kier alpha value is -2.63. The molecule has 16 heteroatoms. The number of aliphatic hydroxyl groups is 1. The second kappa shape index (κ2) is 15.0. The van der Waals surface area contributed by atoms with E-state index < -0.39 is 56.4 Å². The number of thioether (sulfide) groups is 1.